The molecular formula is C14H15NO2. The van der Waals surface area contributed by atoms with Crippen LogP contribution >= 0.6 is 0 Å². The van der Waals surface area contributed by atoms with Crippen molar-refractivity contribution in [3.05, 3.63) is 35.5 Å². The van der Waals surface area contributed by atoms with Crippen LogP contribution < -0.4 is 0 Å². The van der Waals surface area contributed by atoms with Crippen LogP contribution in [-0.2, 0) is 0 Å². The second-order valence-electron chi connectivity index (χ2n) is 4.79. The fraction of sp³-hybridized carbons (Fsp3) is 0.357. The molecule has 1 aliphatic rings. The van der Waals surface area contributed by atoms with Crippen LogP contribution in [0.2, 0.25) is 0 Å². The molecule has 3 nitrogen and oxygen atoms in total. The van der Waals surface area contributed by atoms with Gasteiger partial charge in [-0.25, -0.2) is 4.79 Å². The first-order valence-electron chi connectivity index (χ1n) is 6.10. The molecule has 1 aromatic heterocycles. The molecule has 0 aliphatic heterocycles. The first-order valence-corrected chi connectivity index (χ1v) is 6.10. The van der Waals surface area contributed by atoms with E-state index in [-0.39, 0.29) is 0 Å². The summed E-state index contributed by atoms with van der Waals surface area (Å²) in [5, 5.41) is 10.1. The third-order valence-corrected chi connectivity index (χ3v) is 3.76. The number of nitrogens with one attached hydrogen (secondary N) is 1. The second-order valence-corrected chi connectivity index (χ2v) is 4.79. The van der Waals surface area contributed by atoms with E-state index in [9.17, 15) is 4.79 Å². The lowest BCUT2D eigenvalue weighted by molar-refractivity contribution is 0.0697. The van der Waals surface area contributed by atoms with Crippen molar-refractivity contribution in [3.63, 3.8) is 0 Å². The number of carbonyl (C=O) groups is 1. The Morgan fingerprint density at radius 2 is 2.06 bits per heavy atom. The van der Waals surface area contributed by atoms with Gasteiger partial charge in [0, 0.05) is 17.1 Å². The first-order chi connectivity index (χ1) is 8.25. The Labute approximate surface area is 99.5 Å². The molecule has 0 bridgehead atoms. The minimum atomic E-state index is -0.871. The molecule has 0 amide bonds. The zero-order valence-electron chi connectivity index (χ0n) is 9.57. The van der Waals surface area contributed by atoms with E-state index in [1.54, 1.807) is 12.1 Å². The molecule has 1 fully saturated rings. The Balaban J connectivity index is 2.07. The molecule has 0 spiro atoms. The van der Waals surface area contributed by atoms with E-state index in [1.807, 2.05) is 12.3 Å². The lowest BCUT2D eigenvalue weighted by Crippen LogP contribution is -1.95. The molecule has 2 aromatic rings. The minimum Gasteiger partial charge on any atom is -0.478 e. The van der Waals surface area contributed by atoms with E-state index in [2.05, 4.69) is 4.98 Å². The van der Waals surface area contributed by atoms with E-state index in [0.29, 0.717) is 11.5 Å². The maximum absolute atomic E-state index is 10.9. The van der Waals surface area contributed by atoms with Crippen molar-refractivity contribution in [2.45, 2.75) is 31.6 Å². The first kappa shape index (κ1) is 10.4. The number of benzene rings is 1. The van der Waals surface area contributed by atoms with Crippen LogP contribution in [0.4, 0.5) is 0 Å². The fourth-order valence-corrected chi connectivity index (χ4v) is 2.86. The Morgan fingerprint density at radius 1 is 1.29 bits per heavy atom. The van der Waals surface area contributed by atoms with Crippen molar-refractivity contribution in [2.75, 3.05) is 0 Å². The highest BCUT2D eigenvalue weighted by molar-refractivity contribution is 5.94. The molecule has 0 saturated heterocycles. The van der Waals surface area contributed by atoms with Crippen molar-refractivity contribution in [3.8, 4) is 0 Å². The fourth-order valence-electron chi connectivity index (χ4n) is 2.86. The molecule has 3 heteroatoms. The molecule has 1 heterocycles. The number of aromatic amines is 1. The normalized spacial score (nSPS) is 16.7. The molecular weight excluding hydrogens is 214 g/mol. The summed E-state index contributed by atoms with van der Waals surface area (Å²) in [7, 11) is 0. The van der Waals surface area contributed by atoms with Crippen LogP contribution in [0.1, 0.15) is 47.5 Å². The molecule has 0 radical (unpaired) electrons. The van der Waals surface area contributed by atoms with Crippen molar-refractivity contribution in [1.29, 1.82) is 0 Å². The average molecular weight is 229 g/mol. The van der Waals surface area contributed by atoms with Gasteiger partial charge in [-0.1, -0.05) is 18.9 Å². The number of aromatic carboxylic acids is 1. The van der Waals surface area contributed by atoms with Crippen LogP contribution in [0.5, 0.6) is 0 Å². The monoisotopic (exact) mass is 229 g/mol. The largest absolute Gasteiger partial charge is 0.478 e. The predicted octanol–water partition coefficient (Wildman–Crippen LogP) is 3.52. The zero-order chi connectivity index (χ0) is 11.8. The second kappa shape index (κ2) is 3.91. The van der Waals surface area contributed by atoms with Gasteiger partial charge in [0.25, 0.3) is 0 Å². The van der Waals surface area contributed by atoms with Gasteiger partial charge in [-0.2, -0.15) is 0 Å². The summed E-state index contributed by atoms with van der Waals surface area (Å²) in [5.41, 5.74) is 2.64. The standard InChI is InChI=1S/C14H15NO2/c16-14(17)10-5-6-11-12(8-15-13(11)7-10)9-3-1-2-4-9/h5-9,15H,1-4H2,(H,16,17). The molecule has 17 heavy (non-hydrogen) atoms. The SMILES string of the molecule is O=C(O)c1ccc2c(C3CCCC3)c[nH]c2c1. The van der Waals surface area contributed by atoms with Crippen LogP contribution in [0.3, 0.4) is 0 Å². The summed E-state index contributed by atoms with van der Waals surface area (Å²) in [5.74, 6) is -0.219. The number of carboxylic acid groups (broad SMARTS) is 1. The van der Waals surface area contributed by atoms with Gasteiger partial charge in [0.2, 0.25) is 0 Å². The van der Waals surface area contributed by atoms with Gasteiger partial charge in [0.1, 0.15) is 0 Å². The summed E-state index contributed by atoms with van der Waals surface area (Å²) >= 11 is 0. The third-order valence-electron chi connectivity index (χ3n) is 3.76. The Morgan fingerprint density at radius 3 is 2.76 bits per heavy atom. The Hall–Kier alpha value is -1.77. The number of carboxylic acids is 1. The number of hydrogen-bond donors (Lipinski definition) is 2. The highest BCUT2D eigenvalue weighted by atomic mass is 16.4. The number of aromatic nitrogens is 1. The maximum Gasteiger partial charge on any atom is 0.335 e. The van der Waals surface area contributed by atoms with Crippen LogP contribution in [0, 0.1) is 0 Å². The van der Waals surface area contributed by atoms with Gasteiger partial charge in [0.05, 0.1) is 5.56 Å². The van der Waals surface area contributed by atoms with Crippen molar-refractivity contribution in [1.82, 2.24) is 4.98 Å². The summed E-state index contributed by atoms with van der Waals surface area (Å²) in [6.45, 7) is 0. The lowest BCUT2D eigenvalue weighted by atomic mass is 9.97. The molecule has 2 N–H and O–H groups in total. The maximum atomic E-state index is 10.9. The molecule has 0 atom stereocenters. The zero-order valence-corrected chi connectivity index (χ0v) is 9.57. The Kier molecular flexibility index (Phi) is 2.39. The number of rotatable bonds is 2. The van der Waals surface area contributed by atoms with Gasteiger partial charge in [-0.3, -0.25) is 0 Å². The number of H-pyrrole nitrogens is 1. The van der Waals surface area contributed by atoms with E-state index in [4.69, 9.17) is 5.11 Å². The van der Waals surface area contributed by atoms with Crippen LogP contribution in [0.15, 0.2) is 24.4 Å². The molecule has 1 aromatic carbocycles. The highest BCUT2D eigenvalue weighted by Gasteiger charge is 2.20. The summed E-state index contributed by atoms with van der Waals surface area (Å²) < 4.78 is 0. The average Bonchev–Trinajstić information content (AvgIpc) is 2.96. The minimum absolute atomic E-state index is 0.345. The van der Waals surface area contributed by atoms with Gasteiger partial charge >= 0.3 is 5.97 Å². The summed E-state index contributed by atoms with van der Waals surface area (Å²) in [6, 6.07) is 5.34. The van der Waals surface area contributed by atoms with Gasteiger partial charge in [-0.05, 0) is 36.5 Å². The van der Waals surface area contributed by atoms with Crippen molar-refractivity contribution in [2.24, 2.45) is 0 Å². The molecule has 3 rings (SSSR count). The van der Waals surface area contributed by atoms with Crippen molar-refractivity contribution >= 4 is 16.9 Å². The lowest BCUT2D eigenvalue weighted by Gasteiger charge is -2.07. The van der Waals surface area contributed by atoms with Gasteiger partial charge < -0.3 is 10.1 Å². The summed E-state index contributed by atoms with van der Waals surface area (Å²) in [6.07, 6.45) is 7.18. The van der Waals surface area contributed by atoms with Gasteiger partial charge in [0.15, 0.2) is 0 Å². The number of hydrogen-bond acceptors (Lipinski definition) is 1. The third kappa shape index (κ3) is 1.71. The Bertz CT molecular complexity index is 565. The van der Waals surface area contributed by atoms with E-state index < -0.39 is 5.97 Å². The van der Waals surface area contributed by atoms with Crippen LogP contribution in [0.25, 0.3) is 10.9 Å². The van der Waals surface area contributed by atoms with Gasteiger partial charge in [-0.15, -0.1) is 0 Å². The molecule has 1 aliphatic carbocycles. The van der Waals surface area contributed by atoms with E-state index >= 15 is 0 Å². The number of fused-ring (bicyclic) bond motifs is 1. The topological polar surface area (TPSA) is 53.1 Å². The highest BCUT2D eigenvalue weighted by Crippen LogP contribution is 2.37. The predicted molar refractivity (Wildman–Crippen MR) is 66.5 cm³/mol. The van der Waals surface area contributed by atoms with E-state index in [0.717, 1.165) is 5.52 Å². The summed E-state index contributed by atoms with van der Waals surface area (Å²) in [4.78, 5) is 14.1. The van der Waals surface area contributed by atoms with E-state index in [1.165, 1.54) is 36.6 Å². The van der Waals surface area contributed by atoms with Crippen molar-refractivity contribution < 1.29 is 9.90 Å². The molecule has 88 valence electrons. The molecule has 0 unspecified atom stereocenters. The smallest absolute Gasteiger partial charge is 0.335 e. The quantitative estimate of drug-likeness (QED) is 0.827. The molecule has 1 saturated carbocycles. The van der Waals surface area contributed by atoms with Crippen LogP contribution in [-0.4, -0.2) is 16.1 Å².